The van der Waals surface area contributed by atoms with Gasteiger partial charge in [-0.15, -0.1) is 0 Å². The molecule has 0 bridgehead atoms. The molecule has 0 aliphatic rings. The van der Waals surface area contributed by atoms with Crippen LogP contribution in [0.25, 0.3) is 128 Å². The zero-order chi connectivity index (χ0) is 43.6. The van der Waals surface area contributed by atoms with Gasteiger partial charge in [0.15, 0.2) is 17.5 Å². The minimum Gasteiger partial charge on any atom is -0.456 e. The van der Waals surface area contributed by atoms with Gasteiger partial charge in [0.25, 0.3) is 0 Å². The van der Waals surface area contributed by atoms with Crippen LogP contribution >= 0.6 is 0 Å². The van der Waals surface area contributed by atoms with E-state index in [0.717, 1.165) is 55.4 Å². The molecule has 0 amide bonds. The summed E-state index contributed by atoms with van der Waals surface area (Å²) in [7, 11) is 0. The molecule has 0 saturated heterocycles. The molecule has 0 saturated carbocycles. The second-order valence-electron chi connectivity index (χ2n) is 16.8. The van der Waals surface area contributed by atoms with Crippen molar-refractivity contribution in [3.05, 3.63) is 231 Å². The van der Waals surface area contributed by atoms with Gasteiger partial charge in [-0.25, -0.2) is 15.0 Å². The van der Waals surface area contributed by atoms with Crippen molar-refractivity contribution in [1.82, 2.24) is 19.5 Å². The van der Waals surface area contributed by atoms with Crippen LogP contribution in [0.4, 0.5) is 0 Å². The summed E-state index contributed by atoms with van der Waals surface area (Å²) in [4.78, 5) is 15.1. The molecule has 0 unspecified atom stereocenters. The van der Waals surface area contributed by atoms with Crippen LogP contribution in [0.3, 0.4) is 0 Å². The highest BCUT2D eigenvalue weighted by Crippen LogP contribution is 2.40. The van der Waals surface area contributed by atoms with Gasteiger partial charge in [-0.3, -0.25) is 0 Å². The van der Waals surface area contributed by atoms with Gasteiger partial charge in [0.2, 0.25) is 0 Å². The van der Waals surface area contributed by atoms with Crippen molar-refractivity contribution in [2.45, 2.75) is 0 Å². The molecule has 3 heterocycles. The molecule has 0 N–H and O–H groups in total. The first-order valence-corrected chi connectivity index (χ1v) is 22.2. The Hall–Kier alpha value is -8.93. The standard InChI is InChI=1S/C61H38N4O/c1-4-14-39(15-5-1)59-62-60(40-16-6-2-7-17-40)64-61(63-59)51-23-13-25-57-58(51)53-38-48(31-33-56(53)66-57)46-29-28-44-35-43(26-27-45(44)36-46)41-18-12-19-42(34-41)47-30-32-55-52(37-47)50-22-10-11-24-54(50)65(55)49-20-8-3-9-21-49/h1-38H. The van der Waals surface area contributed by atoms with E-state index in [2.05, 4.69) is 162 Å². The summed E-state index contributed by atoms with van der Waals surface area (Å²) in [5, 5.41) is 6.85. The summed E-state index contributed by atoms with van der Waals surface area (Å²) in [6.45, 7) is 0. The molecule has 5 heteroatoms. The number of aromatic nitrogens is 4. The number of hydrogen-bond acceptors (Lipinski definition) is 4. The Morgan fingerprint density at radius 2 is 0.803 bits per heavy atom. The van der Waals surface area contributed by atoms with Crippen molar-refractivity contribution >= 4 is 54.5 Å². The lowest BCUT2D eigenvalue weighted by Crippen LogP contribution is -2.00. The summed E-state index contributed by atoms with van der Waals surface area (Å²) in [6, 6.07) is 81.3. The Kier molecular flexibility index (Phi) is 8.78. The normalized spacial score (nSPS) is 11.6. The average Bonchev–Trinajstić information content (AvgIpc) is 3.94. The molecular weight excluding hydrogens is 805 g/mol. The van der Waals surface area contributed by atoms with Gasteiger partial charge in [-0.05, 0) is 111 Å². The molecule has 13 rings (SSSR count). The maximum absolute atomic E-state index is 6.48. The smallest absolute Gasteiger partial charge is 0.164 e. The van der Waals surface area contributed by atoms with Crippen molar-refractivity contribution < 1.29 is 4.42 Å². The Labute approximate surface area is 380 Å². The summed E-state index contributed by atoms with van der Waals surface area (Å²) in [5.41, 5.74) is 14.9. The first-order valence-electron chi connectivity index (χ1n) is 22.2. The number of para-hydroxylation sites is 2. The minimum absolute atomic E-state index is 0.599. The Morgan fingerprint density at radius 3 is 1.48 bits per heavy atom. The van der Waals surface area contributed by atoms with Crippen LogP contribution in [0.15, 0.2) is 235 Å². The van der Waals surface area contributed by atoms with E-state index in [1.165, 1.54) is 54.8 Å². The first-order chi connectivity index (χ1) is 32.7. The van der Waals surface area contributed by atoms with E-state index in [1.54, 1.807) is 0 Å². The SMILES string of the molecule is c1ccc(-c2nc(-c3ccccc3)nc(-c3cccc4oc5ccc(-c6ccc7cc(-c8cccc(-c9ccc%10c(c9)c9ccccc9n%10-c9ccccc9)c8)ccc7c6)cc5c34)n2)cc1. The number of fused-ring (bicyclic) bond motifs is 7. The maximum Gasteiger partial charge on any atom is 0.164 e. The number of rotatable bonds is 7. The summed E-state index contributed by atoms with van der Waals surface area (Å²) in [6.07, 6.45) is 0. The molecule has 308 valence electrons. The average molecular weight is 843 g/mol. The summed E-state index contributed by atoms with van der Waals surface area (Å²) < 4.78 is 8.84. The molecule has 0 fully saturated rings. The minimum atomic E-state index is 0.599. The van der Waals surface area contributed by atoms with E-state index in [1.807, 2.05) is 72.8 Å². The second kappa shape index (κ2) is 15.4. The lowest BCUT2D eigenvalue weighted by molar-refractivity contribution is 0.669. The van der Waals surface area contributed by atoms with Gasteiger partial charge in [-0.2, -0.15) is 0 Å². The van der Waals surface area contributed by atoms with E-state index in [0.29, 0.717) is 17.5 Å². The van der Waals surface area contributed by atoms with E-state index in [9.17, 15) is 0 Å². The fourth-order valence-electron chi connectivity index (χ4n) is 9.61. The molecule has 13 aromatic rings. The molecule has 66 heavy (non-hydrogen) atoms. The molecule has 0 aliphatic carbocycles. The van der Waals surface area contributed by atoms with Crippen LogP contribution in [0, 0.1) is 0 Å². The molecular formula is C61H38N4O. The van der Waals surface area contributed by atoms with Crippen molar-refractivity contribution in [2.24, 2.45) is 0 Å². The van der Waals surface area contributed by atoms with Gasteiger partial charge in [0, 0.05) is 43.9 Å². The molecule has 5 nitrogen and oxygen atoms in total. The number of hydrogen-bond donors (Lipinski definition) is 0. The zero-order valence-electron chi connectivity index (χ0n) is 35.6. The van der Waals surface area contributed by atoms with Gasteiger partial charge < -0.3 is 8.98 Å². The third-order valence-electron chi connectivity index (χ3n) is 12.8. The first kappa shape index (κ1) is 37.6. The van der Waals surface area contributed by atoms with Crippen molar-refractivity contribution in [3.63, 3.8) is 0 Å². The van der Waals surface area contributed by atoms with Crippen LogP contribution in [-0.2, 0) is 0 Å². The van der Waals surface area contributed by atoms with Gasteiger partial charge in [-0.1, -0.05) is 164 Å². The fourth-order valence-corrected chi connectivity index (χ4v) is 9.61. The quantitative estimate of drug-likeness (QED) is 0.160. The number of benzene rings is 10. The topological polar surface area (TPSA) is 56.7 Å². The molecule has 0 atom stereocenters. The maximum atomic E-state index is 6.48. The monoisotopic (exact) mass is 842 g/mol. The van der Waals surface area contributed by atoms with E-state index in [4.69, 9.17) is 19.4 Å². The molecule has 0 aliphatic heterocycles. The lowest BCUT2D eigenvalue weighted by atomic mass is 9.95. The van der Waals surface area contributed by atoms with Crippen LogP contribution in [0.1, 0.15) is 0 Å². The highest BCUT2D eigenvalue weighted by Gasteiger charge is 2.19. The van der Waals surface area contributed by atoms with E-state index < -0.39 is 0 Å². The van der Waals surface area contributed by atoms with Crippen LogP contribution in [0.2, 0.25) is 0 Å². The Balaban J connectivity index is 0.849. The van der Waals surface area contributed by atoms with Crippen LogP contribution in [-0.4, -0.2) is 19.5 Å². The van der Waals surface area contributed by atoms with Crippen molar-refractivity contribution in [3.8, 4) is 73.2 Å². The third-order valence-corrected chi connectivity index (χ3v) is 12.8. The fraction of sp³-hybridized carbons (Fsp3) is 0. The zero-order valence-corrected chi connectivity index (χ0v) is 35.6. The van der Waals surface area contributed by atoms with Crippen LogP contribution < -0.4 is 0 Å². The Bertz CT molecular complexity index is 3930. The Morgan fingerprint density at radius 1 is 0.303 bits per heavy atom. The molecule has 0 spiro atoms. The van der Waals surface area contributed by atoms with Crippen molar-refractivity contribution in [1.29, 1.82) is 0 Å². The molecule has 0 radical (unpaired) electrons. The van der Waals surface area contributed by atoms with Gasteiger partial charge in [0.05, 0.1) is 11.0 Å². The third kappa shape index (κ3) is 6.44. The lowest BCUT2D eigenvalue weighted by Gasteiger charge is -2.10. The van der Waals surface area contributed by atoms with E-state index in [-0.39, 0.29) is 0 Å². The second-order valence-corrected chi connectivity index (χ2v) is 16.8. The highest BCUT2D eigenvalue weighted by molar-refractivity contribution is 6.13. The predicted octanol–water partition coefficient (Wildman–Crippen LogP) is 16.0. The number of nitrogens with zero attached hydrogens (tertiary/aromatic N) is 4. The van der Waals surface area contributed by atoms with Crippen molar-refractivity contribution in [2.75, 3.05) is 0 Å². The summed E-state index contributed by atoms with van der Waals surface area (Å²) >= 11 is 0. The molecule has 3 aromatic heterocycles. The highest BCUT2D eigenvalue weighted by atomic mass is 16.3. The molecule has 10 aromatic carbocycles. The predicted molar refractivity (Wildman–Crippen MR) is 272 cm³/mol. The summed E-state index contributed by atoms with van der Waals surface area (Å²) in [5.74, 6) is 1.85. The van der Waals surface area contributed by atoms with Gasteiger partial charge >= 0.3 is 0 Å². The number of furan rings is 1. The van der Waals surface area contributed by atoms with Gasteiger partial charge in [0.1, 0.15) is 11.2 Å². The van der Waals surface area contributed by atoms with E-state index >= 15 is 0 Å². The largest absolute Gasteiger partial charge is 0.456 e. The van der Waals surface area contributed by atoms with Crippen LogP contribution in [0.5, 0.6) is 0 Å².